The lowest BCUT2D eigenvalue weighted by atomic mass is 9.68. The predicted molar refractivity (Wildman–Crippen MR) is 173 cm³/mol. The van der Waals surface area contributed by atoms with E-state index < -0.39 is 42.1 Å². The number of carboxylic acid groups (broad SMARTS) is 1. The van der Waals surface area contributed by atoms with E-state index in [1.54, 1.807) is 30.0 Å². The third-order valence-corrected chi connectivity index (χ3v) is 12.8. The van der Waals surface area contributed by atoms with Crippen molar-refractivity contribution < 1.29 is 42.2 Å². The number of halogens is 3. The zero-order chi connectivity index (χ0) is 34.6. The van der Waals surface area contributed by atoms with Gasteiger partial charge in [-0.15, -0.1) is 11.8 Å². The summed E-state index contributed by atoms with van der Waals surface area (Å²) in [6, 6.07) is 11.7. The molecule has 2 bridgehead atoms. The van der Waals surface area contributed by atoms with Crippen molar-refractivity contribution in [1.29, 1.82) is 0 Å². The third kappa shape index (κ3) is 6.15. The maximum Gasteiger partial charge on any atom is 0.418 e. The number of aliphatic carboxylic acids is 1. The first-order chi connectivity index (χ1) is 23.4. The fourth-order valence-electron chi connectivity index (χ4n) is 8.37. The van der Waals surface area contributed by atoms with Crippen LogP contribution in [0.2, 0.25) is 0 Å². The average Bonchev–Trinajstić information content (AvgIpc) is 3.79. The van der Waals surface area contributed by atoms with Gasteiger partial charge in [0.2, 0.25) is 11.8 Å². The number of H-pyrrole nitrogens is 1. The Morgan fingerprint density at radius 2 is 1.76 bits per heavy atom. The number of imide groups is 1. The lowest BCUT2D eigenvalue weighted by molar-refractivity contribution is -0.141. The number of carbonyl (C=O) groups excluding carboxylic acids is 3. The Bertz CT molecular complexity index is 1880. The molecule has 0 spiro atoms. The number of ether oxygens (including phenoxy) is 1. The number of nitrogens with zero attached hydrogens (tertiary/aromatic N) is 1. The van der Waals surface area contributed by atoms with Crippen molar-refractivity contribution in [2.24, 2.45) is 29.6 Å². The van der Waals surface area contributed by atoms with Gasteiger partial charge in [0.25, 0.3) is 5.91 Å². The number of alkyl halides is 3. The second-order valence-corrected chi connectivity index (χ2v) is 15.1. The van der Waals surface area contributed by atoms with E-state index in [4.69, 9.17) is 9.84 Å². The molecule has 3 heterocycles. The average molecular weight is 716 g/mol. The summed E-state index contributed by atoms with van der Waals surface area (Å²) in [5.74, 6) is -3.04. The summed E-state index contributed by atoms with van der Waals surface area (Å²) in [4.78, 5) is 68.4. The number of carbonyl (C=O) groups is 4. The van der Waals surface area contributed by atoms with Gasteiger partial charge in [-0.2, -0.15) is 13.2 Å². The monoisotopic (exact) mass is 715 g/mol. The van der Waals surface area contributed by atoms with E-state index in [1.807, 2.05) is 6.07 Å². The van der Waals surface area contributed by atoms with E-state index >= 15 is 0 Å². The van der Waals surface area contributed by atoms with Crippen LogP contribution < -0.4 is 14.9 Å². The number of fused-ring (bicyclic) bond motifs is 9. The van der Waals surface area contributed by atoms with E-state index in [0.29, 0.717) is 31.4 Å². The van der Waals surface area contributed by atoms with Crippen LogP contribution in [0.4, 0.5) is 18.9 Å². The highest BCUT2D eigenvalue weighted by molar-refractivity contribution is 8.00. The molecule has 4 aliphatic rings. The van der Waals surface area contributed by atoms with Crippen molar-refractivity contribution in [3.05, 3.63) is 74.2 Å². The quantitative estimate of drug-likeness (QED) is 0.172. The number of aromatic nitrogens is 1. The van der Waals surface area contributed by atoms with Crippen molar-refractivity contribution in [3.8, 4) is 5.75 Å². The number of unbranched alkanes of at least 4 members (excludes halogenated alkanes) is 2. The third-order valence-electron chi connectivity index (χ3n) is 10.2. The van der Waals surface area contributed by atoms with E-state index in [1.165, 1.54) is 23.1 Å². The first-order valence-electron chi connectivity index (χ1n) is 16.1. The molecular formula is C34H32F3N3O7S2. The fourth-order valence-corrected chi connectivity index (χ4v) is 11.3. The SMILES string of the molecule is O=C(O)CCCCCN1C(=O)C2C3CC(C2C1=O)C1C3Sc2[nH]c(=O)sc2[C@@H]1c1cccc(OCC(=O)Nc2ccccc2C(F)(F)F)c1. The summed E-state index contributed by atoms with van der Waals surface area (Å²) in [6.07, 6.45) is -2.26. The normalized spacial score (nSPS) is 26.8. The lowest BCUT2D eigenvalue weighted by Gasteiger charge is -2.43. The van der Waals surface area contributed by atoms with Gasteiger partial charge in [0.05, 0.1) is 28.1 Å². The summed E-state index contributed by atoms with van der Waals surface area (Å²) in [7, 11) is 0. The molecule has 0 radical (unpaired) electrons. The standard InChI is InChI=1S/C34H32F3N3O7S2/c35-34(36,37)20-9-3-4-10-21(20)38-22(41)15-47-17-8-6-7-16(13-17)24-25-18-14-19(28(25)48-30-29(24)49-33(46)39-30)27-26(18)31(44)40(32(27)45)12-5-1-2-11-23(42)43/h3-4,6-10,13,18-19,24-28H,1-2,5,11-12,14-15H2,(H,38,41)(H,39,46)(H,42,43)/t18?,19?,24-,25?,26?,27?,28?/m1/s1. The number of thiazole rings is 1. The Morgan fingerprint density at radius 1 is 1.00 bits per heavy atom. The molecule has 10 nitrogen and oxygen atoms in total. The van der Waals surface area contributed by atoms with E-state index in [0.717, 1.165) is 32.9 Å². The van der Waals surface area contributed by atoms with E-state index in [9.17, 15) is 37.1 Å². The van der Waals surface area contributed by atoms with Gasteiger partial charge in [0, 0.05) is 29.0 Å². The van der Waals surface area contributed by atoms with Crippen molar-refractivity contribution in [3.63, 3.8) is 0 Å². The molecule has 3 N–H and O–H groups in total. The van der Waals surface area contributed by atoms with Crippen molar-refractivity contribution in [2.75, 3.05) is 18.5 Å². The van der Waals surface area contributed by atoms with Crippen molar-refractivity contribution in [2.45, 2.75) is 54.5 Å². The van der Waals surface area contributed by atoms with Crippen LogP contribution in [0.15, 0.2) is 58.4 Å². The van der Waals surface area contributed by atoms with E-state index in [2.05, 4.69) is 10.3 Å². The highest BCUT2D eigenvalue weighted by Crippen LogP contribution is 2.68. The van der Waals surface area contributed by atoms with Gasteiger partial charge in [-0.05, 0) is 66.8 Å². The first-order valence-corrected chi connectivity index (χ1v) is 17.8. The van der Waals surface area contributed by atoms with Gasteiger partial charge in [0.1, 0.15) is 5.75 Å². The Labute approximate surface area is 286 Å². The van der Waals surface area contributed by atoms with Gasteiger partial charge in [-0.3, -0.25) is 28.9 Å². The molecule has 7 rings (SSSR count). The number of thioether (sulfide) groups is 1. The van der Waals surface area contributed by atoms with Crippen LogP contribution in [0.3, 0.4) is 0 Å². The number of nitrogens with one attached hydrogen (secondary N) is 2. The van der Waals surface area contributed by atoms with Crippen molar-refractivity contribution >= 4 is 52.5 Å². The van der Waals surface area contributed by atoms with Crippen LogP contribution in [0.5, 0.6) is 5.75 Å². The molecule has 258 valence electrons. The largest absolute Gasteiger partial charge is 0.484 e. The minimum Gasteiger partial charge on any atom is -0.484 e. The molecule has 3 fully saturated rings. The summed E-state index contributed by atoms with van der Waals surface area (Å²) in [5.41, 5.74) is -0.529. The van der Waals surface area contributed by atoms with Crippen LogP contribution in [-0.4, -0.2) is 57.1 Å². The minimum atomic E-state index is -4.64. The molecule has 15 heteroatoms. The number of carboxylic acids is 1. The second kappa shape index (κ2) is 13.0. The van der Waals surface area contributed by atoms with Crippen LogP contribution in [0, 0.1) is 29.6 Å². The molecule has 1 saturated heterocycles. The first kappa shape index (κ1) is 33.4. The van der Waals surface area contributed by atoms with Gasteiger partial charge in [0.15, 0.2) is 6.61 Å². The van der Waals surface area contributed by atoms with Crippen molar-refractivity contribution in [1.82, 2.24) is 9.88 Å². The zero-order valence-corrected chi connectivity index (χ0v) is 27.5. The predicted octanol–water partition coefficient (Wildman–Crippen LogP) is 5.59. The number of benzene rings is 2. The fraction of sp³-hybridized carbons (Fsp3) is 0.441. The lowest BCUT2D eigenvalue weighted by Crippen LogP contribution is -2.42. The zero-order valence-electron chi connectivity index (χ0n) is 25.9. The van der Waals surface area contributed by atoms with Crippen LogP contribution in [0.1, 0.15) is 54.0 Å². The summed E-state index contributed by atoms with van der Waals surface area (Å²) >= 11 is 2.68. The molecular weight excluding hydrogens is 684 g/mol. The molecule has 3 aromatic rings. The molecule has 2 aliphatic carbocycles. The number of para-hydroxylation sites is 1. The Kier molecular flexibility index (Phi) is 8.84. The van der Waals surface area contributed by atoms with E-state index in [-0.39, 0.29) is 64.3 Å². The maximum absolute atomic E-state index is 13.8. The number of hydrogen-bond donors (Lipinski definition) is 3. The molecule has 49 heavy (non-hydrogen) atoms. The number of hydrogen-bond acceptors (Lipinski definition) is 8. The van der Waals surface area contributed by atoms with Gasteiger partial charge >= 0.3 is 17.0 Å². The molecule has 2 aliphatic heterocycles. The number of rotatable bonds is 11. The molecule has 6 unspecified atom stereocenters. The maximum atomic E-state index is 13.8. The molecule has 3 amide bonds. The Morgan fingerprint density at radius 3 is 2.51 bits per heavy atom. The summed E-state index contributed by atoms with van der Waals surface area (Å²) in [6.45, 7) is -0.271. The minimum absolute atomic E-state index is 0.0229. The highest BCUT2D eigenvalue weighted by Gasteiger charge is 2.69. The number of amides is 3. The summed E-state index contributed by atoms with van der Waals surface area (Å²) in [5, 5.41) is 11.9. The van der Waals surface area contributed by atoms with Crippen LogP contribution in [-0.2, 0) is 25.4 Å². The summed E-state index contributed by atoms with van der Waals surface area (Å²) < 4.78 is 45.9. The topological polar surface area (TPSA) is 146 Å². The smallest absolute Gasteiger partial charge is 0.418 e. The second-order valence-electron chi connectivity index (χ2n) is 12.9. The Hall–Kier alpha value is -4.11. The number of likely N-dealkylation sites (tertiary alicyclic amines) is 1. The highest BCUT2D eigenvalue weighted by atomic mass is 32.2. The molecule has 2 aromatic carbocycles. The number of anilines is 1. The van der Waals surface area contributed by atoms with Crippen LogP contribution >= 0.6 is 23.1 Å². The van der Waals surface area contributed by atoms with Gasteiger partial charge < -0.3 is 20.1 Å². The van der Waals surface area contributed by atoms with Crippen LogP contribution in [0.25, 0.3) is 0 Å². The molecule has 7 atom stereocenters. The van der Waals surface area contributed by atoms with Gasteiger partial charge in [-0.25, -0.2) is 0 Å². The molecule has 2 saturated carbocycles. The Balaban J connectivity index is 1.10. The van der Waals surface area contributed by atoms with Gasteiger partial charge in [-0.1, -0.05) is 42.0 Å². The molecule has 1 aromatic heterocycles. The number of aromatic amines is 1.